The van der Waals surface area contributed by atoms with Crippen molar-refractivity contribution in [2.75, 3.05) is 13.2 Å². The van der Waals surface area contributed by atoms with Gasteiger partial charge in [-0.2, -0.15) is 0 Å². The quantitative estimate of drug-likeness (QED) is 0.0261. The third-order valence-electron chi connectivity index (χ3n) is 12.3. The molecule has 6 heteroatoms. The average molecular weight is 1050 g/mol. The smallest absolute Gasteiger partial charge is 0.306 e. The molecular formula is C70H110O6. The number of carbonyl (C=O) groups excluding carboxylic acids is 3. The lowest BCUT2D eigenvalue weighted by Gasteiger charge is -2.18. The largest absolute Gasteiger partial charge is 0.462 e. The van der Waals surface area contributed by atoms with Gasteiger partial charge in [-0.15, -0.1) is 0 Å². The van der Waals surface area contributed by atoms with E-state index in [1.54, 1.807) is 0 Å². The molecule has 0 aliphatic heterocycles. The van der Waals surface area contributed by atoms with E-state index in [4.69, 9.17) is 14.2 Å². The van der Waals surface area contributed by atoms with Gasteiger partial charge in [-0.1, -0.05) is 249 Å². The van der Waals surface area contributed by atoms with E-state index < -0.39 is 6.10 Å². The molecule has 0 aliphatic carbocycles. The molecule has 1 unspecified atom stereocenters. The second-order valence-corrected chi connectivity index (χ2v) is 19.5. The summed E-state index contributed by atoms with van der Waals surface area (Å²) in [6.07, 6.45) is 91.2. The Morgan fingerprint density at radius 3 is 0.895 bits per heavy atom. The van der Waals surface area contributed by atoms with Crippen LogP contribution >= 0.6 is 0 Å². The minimum atomic E-state index is -0.824. The molecule has 0 aromatic carbocycles. The van der Waals surface area contributed by atoms with Crippen LogP contribution in [-0.4, -0.2) is 37.2 Å². The van der Waals surface area contributed by atoms with Gasteiger partial charge in [0.25, 0.3) is 0 Å². The first-order valence-corrected chi connectivity index (χ1v) is 30.5. The first kappa shape index (κ1) is 71.0. The first-order chi connectivity index (χ1) is 37.5. The predicted molar refractivity (Wildman–Crippen MR) is 329 cm³/mol. The average Bonchev–Trinajstić information content (AvgIpc) is 3.42. The fraction of sp³-hybridized carbons (Fsp3) is 0.586. The maximum Gasteiger partial charge on any atom is 0.306 e. The van der Waals surface area contributed by atoms with Gasteiger partial charge >= 0.3 is 17.9 Å². The lowest BCUT2D eigenvalue weighted by molar-refractivity contribution is -0.166. The molecule has 0 heterocycles. The Kier molecular flexibility index (Phi) is 58.5. The van der Waals surface area contributed by atoms with E-state index in [0.29, 0.717) is 19.3 Å². The standard InChI is InChI=1S/C70H110O6/c1-4-7-10-13-16-19-22-25-27-28-29-30-31-32-33-34-35-36-37-38-39-40-41-42-43-46-48-51-54-57-60-63-69(72)75-66-67(65-74-68(71)62-59-56-53-50-47-44-24-21-18-15-12-9-6-3)76-70(73)64-61-58-55-52-49-45-26-23-20-17-14-11-8-5-2/h7,9-10,12,16,18-19,21,23,25-27,29-30,32-33,35-36,38-39,41-42,44,47,53,56,67H,4-6,8,11,13-15,17,20,22,24,28,31,34,37,40,43,45-46,48-52,54-55,57-66H2,1-3H3/b10-7-,12-9-,19-16-,21-18-,26-23-,27-25-,30-29-,33-32-,36-35-,39-38-,42-41-,47-44-,56-53-. The number of rotatable bonds is 53. The highest BCUT2D eigenvalue weighted by atomic mass is 16.6. The van der Waals surface area contributed by atoms with E-state index in [2.05, 4.69) is 167 Å². The van der Waals surface area contributed by atoms with Crippen molar-refractivity contribution < 1.29 is 28.6 Å². The Hall–Kier alpha value is -4.97. The summed E-state index contributed by atoms with van der Waals surface area (Å²) in [5.41, 5.74) is 0. The van der Waals surface area contributed by atoms with Gasteiger partial charge < -0.3 is 14.2 Å². The number of unbranched alkanes of at least 4 members (excludes halogenated alkanes) is 16. The summed E-state index contributed by atoms with van der Waals surface area (Å²) in [6, 6.07) is 0. The van der Waals surface area contributed by atoms with Crippen LogP contribution in [0.1, 0.15) is 245 Å². The van der Waals surface area contributed by atoms with Gasteiger partial charge in [-0.05, 0) is 135 Å². The maximum absolute atomic E-state index is 12.8. The lowest BCUT2D eigenvalue weighted by Crippen LogP contribution is -2.30. The summed E-state index contributed by atoms with van der Waals surface area (Å²) in [5.74, 6) is -1.03. The Morgan fingerprint density at radius 1 is 0.276 bits per heavy atom. The predicted octanol–water partition coefficient (Wildman–Crippen LogP) is 20.9. The van der Waals surface area contributed by atoms with Crippen LogP contribution in [0.2, 0.25) is 0 Å². The fourth-order valence-electron chi connectivity index (χ4n) is 7.76. The van der Waals surface area contributed by atoms with Crippen molar-refractivity contribution >= 4 is 17.9 Å². The molecule has 0 aromatic rings. The van der Waals surface area contributed by atoms with E-state index in [1.165, 1.54) is 57.8 Å². The van der Waals surface area contributed by atoms with Crippen molar-refractivity contribution in [2.45, 2.75) is 252 Å². The lowest BCUT2D eigenvalue weighted by atomic mass is 10.1. The van der Waals surface area contributed by atoms with Gasteiger partial charge in [0, 0.05) is 19.3 Å². The summed E-state index contributed by atoms with van der Waals surface area (Å²) >= 11 is 0. The summed E-state index contributed by atoms with van der Waals surface area (Å²) in [6.45, 7) is 6.30. The number of esters is 3. The van der Waals surface area contributed by atoms with Crippen LogP contribution < -0.4 is 0 Å². The topological polar surface area (TPSA) is 78.9 Å². The first-order valence-electron chi connectivity index (χ1n) is 30.5. The third kappa shape index (κ3) is 59.9. The zero-order valence-corrected chi connectivity index (χ0v) is 48.7. The fourth-order valence-corrected chi connectivity index (χ4v) is 7.76. The summed E-state index contributed by atoms with van der Waals surface area (Å²) in [5, 5.41) is 0. The summed E-state index contributed by atoms with van der Waals surface area (Å²) < 4.78 is 16.8. The Balaban J connectivity index is 4.37. The van der Waals surface area contributed by atoms with Crippen LogP contribution in [0.3, 0.4) is 0 Å². The van der Waals surface area contributed by atoms with Crippen LogP contribution in [-0.2, 0) is 28.6 Å². The van der Waals surface area contributed by atoms with E-state index >= 15 is 0 Å². The Morgan fingerprint density at radius 2 is 0.539 bits per heavy atom. The van der Waals surface area contributed by atoms with Crippen molar-refractivity contribution in [3.05, 3.63) is 158 Å². The van der Waals surface area contributed by atoms with E-state index in [0.717, 1.165) is 141 Å². The highest BCUT2D eigenvalue weighted by Crippen LogP contribution is 2.13. The highest BCUT2D eigenvalue weighted by molar-refractivity contribution is 5.71. The summed E-state index contributed by atoms with van der Waals surface area (Å²) in [4.78, 5) is 38.1. The van der Waals surface area contributed by atoms with Crippen LogP contribution in [0.5, 0.6) is 0 Å². The molecule has 0 bridgehead atoms. The molecule has 0 rings (SSSR count). The highest BCUT2D eigenvalue weighted by Gasteiger charge is 2.19. The molecule has 0 aromatic heterocycles. The number of hydrogen-bond donors (Lipinski definition) is 0. The molecule has 0 saturated heterocycles. The van der Waals surface area contributed by atoms with Crippen LogP contribution in [0.15, 0.2) is 158 Å². The molecule has 1 atom stereocenters. The molecule has 0 radical (unpaired) electrons. The minimum absolute atomic E-state index is 0.117. The van der Waals surface area contributed by atoms with Crippen LogP contribution in [0, 0.1) is 0 Å². The van der Waals surface area contributed by atoms with E-state index in [9.17, 15) is 14.4 Å². The molecule has 0 N–H and O–H groups in total. The molecule has 6 nitrogen and oxygen atoms in total. The zero-order chi connectivity index (χ0) is 55.0. The van der Waals surface area contributed by atoms with Gasteiger partial charge in [0.15, 0.2) is 6.10 Å². The molecule has 0 saturated carbocycles. The van der Waals surface area contributed by atoms with Gasteiger partial charge in [-0.3, -0.25) is 14.4 Å². The van der Waals surface area contributed by atoms with Crippen molar-refractivity contribution in [1.82, 2.24) is 0 Å². The second-order valence-electron chi connectivity index (χ2n) is 19.5. The monoisotopic (exact) mass is 1050 g/mol. The van der Waals surface area contributed by atoms with Crippen molar-refractivity contribution in [2.24, 2.45) is 0 Å². The van der Waals surface area contributed by atoms with Gasteiger partial charge in [-0.25, -0.2) is 0 Å². The van der Waals surface area contributed by atoms with Crippen LogP contribution in [0.25, 0.3) is 0 Å². The molecular weight excluding hydrogens is 937 g/mol. The van der Waals surface area contributed by atoms with Crippen molar-refractivity contribution in [3.63, 3.8) is 0 Å². The Bertz CT molecular complexity index is 1720. The normalized spacial score (nSPS) is 13.2. The van der Waals surface area contributed by atoms with E-state index in [1.807, 2.05) is 12.2 Å². The SMILES string of the molecule is CC/C=C\C/C=C\C/C=C\C/C=C\C/C=C\C/C=C\C/C=C\C/C=C\CCCCCCCCC(=O)OCC(COC(=O)CC/C=C\C/C=C\C/C=C\C/C=C\CC)OC(=O)CCCCCCC/C=C\CCCCCCC. The summed E-state index contributed by atoms with van der Waals surface area (Å²) in [7, 11) is 0. The maximum atomic E-state index is 12.8. The molecule has 0 spiro atoms. The number of hydrogen-bond acceptors (Lipinski definition) is 6. The molecule has 76 heavy (non-hydrogen) atoms. The number of allylic oxidation sites excluding steroid dienone is 26. The van der Waals surface area contributed by atoms with Crippen LogP contribution in [0.4, 0.5) is 0 Å². The van der Waals surface area contributed by atoms with Gasteiger partial charge in [0.2, 0.25) is 0 Å². The second kappa shape index (κ2) is 62.6. The molecule has 0 amide bonds. The third-order valence-corrected chi connectivity index (χ3v) is 12.3. The van der Waals surface area contributed by atoms with Crippen molar-refractivity contribution in [1.29, 1.82) is 0 Å². The number of carbonyl (C=O) groups is 3. The Labute approximate surface area is 467 Å². The zero-order valence-electron chi connectivity index (χ0n) is 48.7. The van der Waals surface area contributed by atoms with Crippen molar-refractivity contribution in [3.8, 4) is 0 Å². The van der Waals surface area contributed by atoms with Gasteiger partial charge in [0.1, 0.15) is 13.2 Å². The molecule has 0 aliphatic rings. The number of ether oxygens (including phenoxy) is 3. The molecule has 426 valence electrons. The molecule has 0 fully saturated rings. The van der Waals surface area contributed by atoms with E-state index in [-0.39, 0.29) is 37.5 Å². The minimum Gasteiger partial charge on any atom is -0.462 e. The van der Waals surface area contributed by atoms with Gasteiger partial charge in [0.05, 0.1) is 0 Å².